The number of rotatable bonds is 3. The van der Waals surface area contributed by atoms with Crippen LogP contribution in [0, 0.1) is 5.92 Å². The van der Waals surface area contributed by atoms with Gasteiger partial charge in [-0.25, -0.2) is 0 Å². The van der Waals surface area contributed by atoms with Crippen molar-refractivity contribution in [3.8, 4) is 11.5 Å². The molecule has 2 heterocycles. The van der Waals surface area contributed by atoms with Crippen molar-refractivity contribution in [2.24, 2.45) is 11.7 Å². The molecule has 4 nitrogen and oxygen atoms in total. The molecule has 2 aromatic carbocycles. The number of hydrogen-bond donors (Lipinski definition) is 1. The Hall–Kier alpha value is -2.20. The number of piperidine rings is 1. The molecule has 0 spiro atoms. The maximum atomic E-state index is 6.35. The van der Waals surface area contributed by atoms with E-state index in [1.165, 1.54) is 11.3 Å². The number of nitrogens with two attached hydrogens (primary N) is 1. The van der Waals surface area contributed by atoms with E-state index >= 15 is 0 Å². The van der Waals surface area contributed by atoms with Crippen LogP contribution < -0.4 is 20.1 Å². The minimum absolute atomic E-state index is 0.209. The second-order valence-corrected chi connectivity index (χ2v) is 6.78. The summed E-state index contributed by atoms with van der Waals surface area (Å²) in [4.78, 5) is 2.39. The molecule has 126 valence electrons. The molecule has 2 aromatic rings. The minimum atomic E-state index is 0.209. The Kier molecular flexibility index (Phi) is 4.30. The highest BCUT2D eigenvalue weighted by Crippen LogP contribution is 2.35. The molecule has 2 N–H and O–H groups in total. The molecule has 4 rings (SSSR count). The van der Waals surface area contributed by atoms with E-state index in [2.05, 4.69) is 47.4 Å². The van der Waals surface area contributed by atoms with E-state index in [1.807, 2.05) is 6.07 Å². The third-order valence-corrected chi connectivity index (χ3v) is 4.83. The second kappa shape index (κ2) is 6.73. The quantitative estimate of drug-likeness (QED) is 0.943. The molecule has 1 saturated heterocycles. The fourth-order valence-corrected chi connectivity index (χ4v) is 3.78. The summed E-state index contributed by atoms with van der Waals surface area (Å²) in [6, 6.07) is 17.1. The van der Waals surface area contributed by atoms with Gasteiger partial charge in [-0.3, -0.25) is 0 Å². The van der Waals surface area contributed by atoms with E-state index in [4.69, 9.17) is 15.2 Å². The summed E-state index contributed by atoms with van der Waals surface area (Å²) >= 11 is 0. The second-order valence-electron chi connectivity index (χ2n) is 6.78. The number of nitrogens with zero attached hydrogens (tertiary/aromatic N) is 1. The van der Waals surface area contributed by atoms with E-state index in [-0.39, 0.29) is 6.04 Å². The number of hydrogen-bond acceptors (Lipinski definition) is 4. The molecular weight excluding hydrogens is 300 g/mol. The molecule has 0 bridgehead atoms. The van der Waals surface area contributed by atoms with E-state index in [9.17, 15) is 0 Å². The predicted molar refractivity (Wildman–Crippen MR) is 95.9 cm³/mol. The fourth-order valence-electron chi connectivity index (χ4n) is 3.78. The molecule has 2 aliphatic rings. The lowest BCUT2D eigenvalue weighted by molar-refractivity contribution is 0.171. The summed E-state index contributed by atoms with van der Waals surface area (Å²) in [6.45, 7) is 3.17. The van der Waals surface area contributed by atoms with Gasteiger partial charge in [0.2, 0.25) is 0 Å². The topological polar surface area (TPSA) is 47.7 Å². The minimum Gasteiger partial charge on any atom is -0.486 e. The first-order chi connectivity index (χ1) is 11.8. The third-order valence-electron chi connectivity index (χ3n) is 4.83. The Bertz CT molecular complexity index is 689. The van der Waals surface area contributed by atoms with Gasteiger partial charge in [0, 0.05) is 30.9 Å². The Morgan fingerprint density at radius 1 is 0.958 bits per heavy atom. The van der Waals surface area contributed by atoms with Crippen LogP contribution in [0.4, 0.5) is 5.69 Å². The highest BCUT2D eigenvalue weighted by Gasteiger charge is 2.26. The molecule has 1 fully saturated rings. The normalized spacial score (nSPS) is 23.1. The average Bonchev–Trinajstić information content (AvgIpc) is 2.62. The van der Waals surface area contributed by atoms with Crippen molar-refractivity contribution in [2.75, 3.05) is 31.2 Å². The van der Waals surface area contributed by atoms with Crippen LogP contribution >= 0.6 is 0 Å². The molecule has 2 atom stereocenters. The fraction of sp³-hybridized carbons (Fsp3) is 0.400. The lowest BCUT2D eigenvalue weighted by Gasteiger charge is -2.38. The Balaban J connectivity index is 1.50. The van der Waals surface area contributed by atoms with Gasteiger partial charge >= 0.3 is 0 Å². The van der Waals surface area contributed by atoms with Crippen molar-refractivity contribution in [2.45, 2.75) is 18.9 Å². The molecule has 2 unspecified atom stereocenters. The number of anilines is 1. The number of ether oxygens (including phenoxy) is 2. The smallest absolute Gasteiger partial charge is 0.163 e. The van der Waals surface area contributed by atoms with Crippen molar-refractivity contribution in [1.82, 2.24) is 0 Å². The summed E-state index contributed by atoms with van der Waals surface area (Å²) in [7, 11) is 0. The Labute approximate surface area is 143 Å². The van der Waals surface area contributed by atoms with Crippen molar-refractivity contribution in [3.63, 3.8) is 0 Å². The summed E-state index contributed by atoms with van der Waals surface area (Å²) in [5, 5.41) is 0. The van der Waals surface area contributed by atoms with Gasteiger partial charge in [0.25, 0.3) is 0 Å². The first kappa shape index (κ1) is 15.3. The van der Waals surface area contributed by atoms with Gasteiger partial charge in [-0.05, 0) is 36.5 Å². The van der Waals surface area contributed by atoms with Crippen LogP contribution in [0.15, 0.2) is 48.5 Å². The van der Waals surface area contributed by atoms with Crippen molar-refractivity contribution < 1.29 is 9.47 Å². The third kappa shape index (κ3) is 3.34. The first-order valence-corrected chi connectivity index (χ1v) is 8.72. The lowest BCUT2D eigenvalue weighted by Crippen LogP contribution is -2.47. The van der Waals surface area contributed by atoms with Crippen molar-refractivity contribution >= 4 is 5.69 Å². The first-order valence-electron chi connectivity index (χ1n) is 8.72. The maximum absolute atomic E-state index is 6.35. The molecule has 0 aromatic heterocycles. The molecule has 0 aliphatic carbocycles. The van der Waals surface area contributed by atoms with E-state index in [0.717, 1.165) is 37.4 Å². The van der Waals surface area contributed by atoms with Gasteiger partial charge in [-0.15, -0.1) is 0 Å². The van der Waals surface area contributed by atoms with Crippen LogP contribution in [0.2, 0.25) is 0 Å². The Morgan fingerprint density at radius 2 is 1.75 bits per heavy atom. The number of fused-ring (bicyclic) bond motifs is 1. The van der Waals surface area contributed by atoms with Gasteiger partial charge in [0.05, 0.1) is 0 Å². The van der Waals surface area contributed by atoms with Crippen molar-refractivity contribution in [1.29, 1.82) is 0 Å². The summed E-state index contributed by atoms with van der Waals surface area (Å²) < 4.78 is 11.3. The lowest BCUT2D eigenvalue weighted by atomic mass is 9.89. The zero-order valence-corrected chi connectivity index (χ0v) is 13.9. The van der Waals surface area contributed by atoms with Gasteiger partial charge in [-0.2, -0.15) is 0 Å². The standard InChI is InChI=1S/C20H24N2O2/c21-17-11-16(10-15-4-2-1-3-5-15)13-22(14-17)18-6-7-19-20(12-18)24-9-8-23-19/h1-7,12,16-17H,8-11,13-14,21H2. The van der Waals surface area contributed by atoms with Crippen LogP contribution in [0.5, 0.6) is 11.5 Å². The molecule has 2 aliphatic heterocycles. The molecule has 0 amide bonds. The average molecular weight is 324 g/mol. The highest BCUT2D eigenvalue weighted by atomic mass is 16.6. The maximum Gasteiger partial charge on any atom is 0.163 e. The molecule has 0 radical (unpaired) electrons. The molecule has 24 heavy (non-hydrogen) atoms. The van der Waals surface area contributed by atoms with Gasteiger partial charge in [0.15, 0.2) is 11.5 Å². The van der Waals surface area contributed by atoms with Crippen LogP contribution in [0.1, 0.15) is 12.0 Å². The predicted octanol–water partition coefficient (Wildman–Crippen LogP) is 2.85. The van der Waals surface area contributed by atoms with Gasteiger partial charge in [-0.1, -0.05) is 30.3 Å². The number of benzene rings is 2. The van der Waals surface area contributed by atoms with E-state index in [0.29, 0.717) is 19.1 Å². The van der Waals surface area contributed by atoms with Crippen molar-refractivity contribution in [3.05, 3.63) is 54.1 Å². The van der Waals surface area contributed by atoms with E-state index in [1.54, 1.807) is 0 Å². The van der Waals surface area contributed by atoms with Crippen LogP contribution in [-0.4, -0.2) is 32.3 Å². The molecule has 4 heteroatoms. The highest BCUT2D eigenvalue weighted by molar-refractivity contribution is 5.57. The Morgan fingerprint density at radius 3 is 2.58 bits per heavy atom. The van der Waals surface area contributed by atoms with Crippen LogP contribution in [-0.2, 0) is 6.42 Å². The van der Waals surface area contributed by atoms with E-state index < -0.39 is 0 Å². The van der Waals surface area contributed by atoms with Crippen LogP contribution in [0.3, 0.4) is 0 Å². The summed E-state index contributed by atoms with van der Waals surface area (Å²) in [5.41, 5.74) is 8.91. The molecule has 0 saturated carbocycles. The zero-order valence-electron chi connectivity index (χ0n) is 13.9. The largest absolute Gasteiger partial charge is 0.486 e. The zero-order chi connectivity index (χ0) is 16.4. The summed E-state index contributed by atoms with van der Waals surface area (Å²) in [6.07, 6.45) is 2.16. The van der Waals surface area contributed by atoms with Gasteiger partial charge < -0.3 is 20.1 Å². The van der Waals surface area contributed by atoms with Crippen LogP contribution in [0.25, 0.3) is 0 Å². The molecular formula is C20H24N2O2. The monoisotopic (exact) mass is 324 g/mol. The SMILES string of the molecule is NC1CC(Cc2ccccc2)CN(c2ccc3c(c2)OCCO3)C1. The van der Waals surface area contributed by atoms with Gasteiger partial charge in [0.1, 0.15) is 13.2 Å². The summed E-state index contributed by atoms with van der Waals surface area (Å²) in [5.74, 6) is 2.26.